The number of hydrogen-bond donors (Lipinski definition) is 1. The zero-order valence-corrected chi connectivity index (χ0v) is 24.9. The fourth-order valence-corrected chi connectivity index (χ4v) is 7.81. The maximum absolute atomic E-state index is 14.7. The van der Waals surface area contributed by atoms with Gasteiger partial charge < -0.3 is 24.4 Å². The topological polar surface area (TPSA) is 96.4 Å². The lowest BCUT2D eigenvalue weighted by atomic mass is 9.70. The van der Waals surface area contributed by atoms with Gasteiger partial charge in [-0.05, 0) is 48.6 Å². The third kappa shape index (κ3) is 4.91. The maximum Gasteiger partial charge on any atom is 0.312 e. The molecule has 41 heavy (non-hydrogen) atoms. The number of halogens is 1. The van der Waals surface area contributed by atoms with Crippen molar-refractivity contribution in [3.63, 3.8) is 0 Å². The Morgan fingerprint density at radius 1 is 1.24 bits per heavy atom. The van der Waals surface area contributed by atoms with Gasteiger partial charge in [-0.25, -0.2) is 0 Å². The van der Waals surface area contributed by atoms with Crippen molar-refractivity contribution in [2.24, 2.45) is 11.8 Å². The lowest BCUT2D eigenvalue weighted by Gasteiger charge is -2.39. The number of benzene rings is 2. The minimum atomic E-state index is -1.24. The van der Waals surface area contributed by atoms with Gasteiger partial charge in [-0.1, -0.05) is 65.3 Å². The summed E-state index contributed by atoms with van der Waals surface area (Å²) in [5.74, 6) is -2.91. The Morgan fingerprint density at radius 2 is 2.00 bits per heavy atom. The first-order valence-electron chi connectivity index (χ1n) is 14.3. The van der Waals surface area contributed by atoms with E-state index in [0.29, 0.717) is 31.4 Å². The molecular formula is C32H37BrN2O6. The molecule has 2 bridgehead atoms. The highest BCUT2D eigenvalue weighted by Crippen LogP contribution is 2.61. The van der Waals surface area contributed by atoms with Crippen molar-refractivity contribution in [2.75, 3.05) is 24.7 Å². The number of fused-ring (bicyclic) bond motifs is 2. The number of aliphatic hydroxyl groups excluding tert-OH is 1. The van der Waals surface area contributed by atoms with Crippen molar-refractivity contribution in [1.82, 2.24) is 4.90 Å². The molecule has 1 N–H and O–H groups in total. The zero-order chi connectivity index (χ0) is 29.3. The van der Waals surface area contributed by atoms with E-state index in [9.17, 15) is 19.5 Å². The van der Waals surface area contributed by atoms with Crippen LogP contribution in [-0.4, -0.2) is 76.2 Å². The van der Waals surface area contributed by atoms with E-state index in [1.165, 1.54) is 4.90 Å². The summed E-state index contributed by atoms with van der Waals surface area (Å²) in [6.07, 6.45) is 4.96. The Balaban J connectivity index is 1.56. The van der Waals surface area contributed by atoms with Crippen LogP contribution in [0.25, 0.3) is 10.8 Å². The first-order valence-corrected chi connectivity index (χ1v) is 15.2. The highest BCUT2D eigenvalue weighted by atomic mass is 79.9. The summed E-state index contributed by atoms with van der Waals surface area (Å²) in [7, 11) is 0. The summed E-state index contributed by atoms with van der Waals surface area (Å²) in [5, 5.41) is 12.3. The van der Waals surface area contributed by atoms with Gasteiger partial charge in [0.05, 0.1) is 37.2 Å². The summed E-state index contributed by atoms with van der Waals surface area (Å²) in [6.45, 7) is 9.55. The van der Waals surface area contributed by atoms with Crippen LogP contribution in [0.1, 0.15) is 32.6 Å². The van der Waals surface area contributed by atoms with Gasteiger partial charge in [-0.3, -0.25) is 14.4 Å². The van der Waals surface area contributed by atoms with Crippen LogP contribution in [0.3, 0.4) is 0 Å². The van der Waals surface area contributed by atoms with E-state index < -0.39 is 41.6 Å². The van der Waals surface area contributed by atoms with Gasteiger partial charge in [-0.2, -0.15) is 0 Å². The van der Waals surface area contributed by atoms with Gasteiger partial charge in [0.1, 0.15) is 11.6 Å². The quantitative estimate of drug-likeness (QED) is 0.163. The molecule has 2 aromatic carbocycles. The number of likely N-dealkylation sites (tertiary alicyclic amines) is 1. The molecule has 9 heteroatoms. The maximum atomic E-state index is 14.7. The van der Waals surface area contributed by atoms with Gasteiger partial charge in [0.15, 0.2) is 0 Å². The molecule has 0 aliphatic carbocycles. The van der Waals surface area contributed by atoms with Crippen LogP contribution in [0.4, 0.5) is 5.69 Å². The largest absolute Gasteiger partial charge is 0.465 e. The van der Waals surface area contributed by atoms with E-state index in [0.717, 1.165) is 10.8 Å². The number of rotatable bonds is 12. The Bertz CT molecular complexity index is 1340. The van der Waals surface area contributed by atoms with Crippen molar-refractivity contribution in [3.8, 4) is 0 Å². The SMILES string of the molecule is C=CCCCOC(=O)[C@H]1[C@H]2C(=O)N([C@@H](CC)CO)C(C(=O)N(CC=C)c3ccc4ccccc4c3)C23CC(Br)[C@@H]1O3. The number of nitrogens with zero attached hydrogens (tertiary/aromatic N) is 2. The number of aliphatic hydroxyl groups is 1. The predicted octanol–water partition coefficient (Wildman–Crippen LogP) is 4.39. The van der Waals surface area contributed by atoms with Crippen LogP contribution < -0.4 is 4.90 Å². The standard InChI is InChI=1S/C32H37BrN2O6/c1-4-7-10-16-40-31(39)25-26-29(37)35(22(6-3)19-36)28(32(26)18-24(33)27(25)41-32)30(38)34(15-5-2)23-14-13-20-11-8-9-12-21(20)17-23/h4-5,8-9,11-14,17,22,24-28,36H,1-2,6-7,10,15-16,18-19H2,3H3/t22-,24?,25-,26-,27-,28?,32?/m0/s1. The number of carbonyl (C=O) groups is 3. The van der Waals surface area contributed by atoms with Gasteiger partial charge in [0, 0.05) is 17.1 Å². The number of anilines is 1. The Kier molecular flexibility index (Phi) is 8.68. The molecule has 0 aromatic heterocycles. The second kappa shape index (κ2) is 12.1. The molecule has 2 amide bonds. The number of ether oxygens (including phenoxy) is 2. The first kappa shape index (κ1) is 29.5. The second-order valence-corrected chi connectivity index (χ2v) is 12.2. The Hall–Kier alpha value is -3.01. The number of hydrogen-bond acceptors (Lipinski definition) is 6. The van der Waals surface area contributed by atoms with Crippen molar-refractivity contribution in [2.45, 2.75) is 61.2 Å². The van der Waals surface area contributed by atoms with Gasteiger partial charge in [-0.15, -0.1) is 13.2 Å². The van der Waals surface area contributed by atoms with Crippen molar-refractivity contribution in [3.05, 3.63) is 67.8 Å². The average molecular weight is 626 g/mol. The normalized spacial score (nSPS) is 28.9. The fourth-order valence-electron chi connectivity index (χ4n) is 6.86. The van der Waals surface area contributed by atoms with Crippen molar-refractivity contribution in [1.29, 1.82) is 0 Å². The number of carbonyl (C=O) groups excluding carboxylic acids is 3. The number of allylic oxidation sites excluding steroid dienone is 1. The Morgan fingerprint density at radius 3 is 2.68 bits per heavy atom. The summed E-state index contributed by atoms with van der Waals surface area (Å²) in [4.78, 5) is 45.2. The van der Waals surface area contributed by atoms with E-state index in [2.05, 4.69) is 29.1 Å². The van der Waals surface area contributed by atoms with Gasteiger partial charge >= 0.3 is 5.97 Å². The average Bonchev–Trinajstić information content (AvgIpc) is 3.57. The van der Waals surface area contributed by atoms with E-state index in [1.54, 1.807) is 17.1 Å². The monoisotopic (exact) mass is 624 g/mol. The zero-order valence-electron chi connectivity index (χ0n) is 23.3. The molecule has 5 rings (SSSR count). The van der Waals surface area contributed by atoms with Crippen molar-refractivity contribution < 1.29 is 29.0 Å². The highest BCUT2D eigenvalue weighted by Gasteiger charge is 2.77. The van der Waals surface area contributed by atoms with Crippen LogP contribution in [0.2, 0.25) is 0 Å². The van der Waals surface area contributed by atoms with Crippen LogP contribution in [0.5, 0.6) is 0 Å². The molecule has 3 fully saturated rings. The molecule has 218 valence electrons. The van der Waals surface area contributed by atoms with Crippen LogP contribution >= 0.6 is 15.9 Å². The molecule has 3 heterocycles. The van der Waals surface area contributed by atoms with Crippen LogP contribution in [0.15, 0.2) is 67.8 Å². The van der Waals surface area contributed by atoms with Crippen LogP contribution in [-0.2, 0) is 23.9 Å². The molecular weight excluding hydrogens is 588 g/mol. The Labute approximate surface area is 249 Å². The minimum absolute atomic E-state index is 0.211. The minimum Gasteiger partial charge on any atom is -0.465 e. The number of alkyl halides is 1. The number of amides is 2. The van der Waals surface area contributed by atoms with Gasteiger partial charge in [0.25, 0.3) is 5.91 Å². The van der Waals surface area contributed by atoms with Crippen molar-refractivity contribution >= 4 is 50.2 Å². The highest BCUT2D eigenvalue weighted by molar-refractivity contribution is 9.09. The molecule has 0 radical (unpaired) electrons. The van der Waals surface area contributed by atoms with Crippen LogP contribution in [0, 0.1) is 11.8 Å². The third-order valence-corrected chi connectivity index (χ3v) is 9.57. The lowest BCUT2D eigenvalue weighted by Crippen LogP contribution is -2.59. The molecule has 1 spiro atoms. The molecule has 3 unspecified atom stereocenters. The summed E-state index contributed by atoms with van der Waals surface area (Å²) in [5.41, 5.74) is -0.574. The molecule has 3 aliphatic rings. The lowest BCUT2D eigenvalue weighted by molar-refractivity contribution is -0.155. The van der Waals surface area contributed by atoms with E-state index in [1.807, 2.05) is 49.4 Å². The summed E-state index contributed by atoms with van der Waals surface area (Å²) < 4.78 is 12.2. The molecule has 2 aromatic rings. The predicted molar refractivity (Wildman–Crippen MR) is 161 cm³/mol. The molecule has 8 nitrogen and oxygen atoms in total. The van der Waals surface area contributed by atoms with E-state index in [-0.39, 0.29) is 36.4 Å². The first-order chi connectivity index (χ1) is 19.8. The number of esters is 1. The summed E-state index contributed by atoms with van der Waals surface area (Å²) in [6, 6.07) is 12.0. The second-order valence-electron chi connectivity index (χ2n) is 11.0. The van der Waals surface area contributed by atoms with E-state index >= 15 is 0 Å². The van der Waals surface area contributed by atoms with E-state index in [4.69, 9.17) is 9.47 Å². The third-order valence-electron chi connectivity index (χ3n) is 8.73. The smallest absolute Gasteiger partial charge is 0.312 e. The molecule has 7 atom stereocenters. The molecule has 0 saturated carbocycles. The van der Waals surface area contributed by atoms with Gasteiger partial charge in [0.2, 0.25) is 5.91 Å². The molecule has 3 saturated heterocycles. The number of unbranched alkanes of at least 4 members (excludes halogenated alkanes) is 1. The molecule has 3 aliphatic heterocycles. The summed E-state index contributed by atoms with van der Waals surface area (Å²) >= 11 is 3.69. The fraction of sp³-hybridized carbons (Fsp3) is 0.469.